The highest BCUT2D eigenvalue weighted by molar-refractivity contribution is 7.15. The van der Waals surface area contributed by atoms with Crippen molar-refractivity contribution in [3.8, 4) is 5.00 Å². The summed E-state index contributed by atoms with van der Waals surface area (Å²) in [6.07, 6.45) is 0.271. The largest absolute Gasteiger partial charge is 0.299 e. The predicted molar refractivity (Wildman–Crippen MR) is 122 cm³/mol. The first-order valence-corrected chi connectivity index (χ1v) is 11.2. The van der Waals surface area contributed by atoms with E-state index in [4.69, 9.17) is 16.6 Å². The molecule has 0 amide bonds. The van der Waals surface area contributed by atoms with E-state index in [1.54, 1.807) is 11.3 Å². The van der Waals surface area contributed by atoms with E-state index in [9.17, 15) is 4.79 Å². The maximum Gasteiger partial charge on any atom is 0.166 e. The molecular formula is C23H25ClN4OS. The van der Waals surface area contributed by atoms with E-state index in [1.807, 2.05) is 52.0 Å². The van der Waals surface area contributed by atoms with E-state index in [0.717, 1.165) is 27.7 Å². The van der Waals surface area contributed by atoms with Gasteiger partial charge in [0.25, 0.3) is 0 Å². The highest BCUT2D eigenvalue weighted by Gasteiger charge is 2.40. The number of ketones is 1. The average Bonchev–Trinajstić information content (AvgIpc) is 3.17. The van der Waals surface area contributed by atoms with Crippen molar-refractivity contribution in [3.63, 3.8) is 0 Å². The number of carbonyl (C=O) groups excluding carboxylic acids is 1. The second kappa shape index (κ2) is 7.43. The Hall–Kier alpha value is -2.31. The van der Waals surface area contributed by atoms with Gasteiger partial charge in [0.1, 0.15) is 22.1 Å². The van der Waals surface area contributed by atoms with Gasteiger partial charge in [-0.1, -0.05) is 37.6 Å². The van der Waals surface area contributed by atoms with Gasteiger partial charge in [-0.15, -0.1) is 21.5 Å². The fourth-order valence-electron chi connectivity index (χ4n) is 3.83. The van der Waals surface area contributed by atoms with Gasteiger partial charge in [0.15, 0.2) is 5.82 Å². The fourth-order valence-corrected chi connectivity index (χ4v) is 5.16. The average molecular weight is 441 g/mol. The van der Waals surface area contributed by atoms with Crippen LogP contribution in [0.2, 0.25) is 5.02 Å². The lowest BCUT2D eigenvalue weighted by Crippen LogP contribution is -2.29. The second-order valence-corrected chi connectivity index (χ2v) is 10.0. The van der Waals surface area contributed by atoms with Gasteiger partial charge in [-0.2, -0.15) is 0 Å². The number of aromatic nitrogens is 3. The van der Waals surface area contributed by atoms with Gasteiger partial charge in [0.2, 0.25) is 0 Å². The number of benzene rings is 1. The SMILES string of the molecule is Cc1sc2c(c1C)C(c1ccc(Cl)cc1)=NC(C)(CC(=O)C(C)C)c1nnc(C)n1-2. The minimum atomic E-state index is -0.823. The molecule has 0 N–H and O–H groups in total. The van der Waals surface area contributed by atoms with Crippen molar-refractivity contribution in [1.82, 2.24) is 14.8 Å². The minimum Gasteiger partial charge on any atom is -0.299 e. The van der Waals surface area contributed by atoms with Crippen LogP contribution in [-0.2, 0) is 10.3 Å². The van der Waals surface area contributed by atoms with E-state index in [2.05, 4.69) is 28.6 Å². The van der Waals surface area contributed by atoms with Gasteiger partial charge in [-0.05, 0) is 45.4 Å². The number of nitrogens with zero attached hydrogens (tertiary/aromatic N) is 4. The first-order valence-electron chi connectivity index (χ1n) is 10.0. The van der Waals surface area contributed by atoms with Crippen LogP contribution in [-0.4, -0.2) is 26.3 Å². The molecule has 0 radical (unpaired) electrons. The molecule has 0 saturated heterocycles. The molecule has 0 fully saturated rings. The van der Waals surface area contributed by atoms with Crippen LogP contribution in [0.4, 0.5) is 0 Å². The number of halogens is 1. The molecule has 156 valence electrons. The lowest BCUT2D eigenvalue weighted by atomic mass is 9.90. The quantitative estimate of drug-likeness (QED) is 0.531. The first kappa shape index (κ1) is 20.9. The summed E-state index contributed by atoms with van der Waals surface area (Å²) in [4.78, 5) is 19.3. The number of aliphatic imine (C=N–C) groups is 1. The molecule has 5 nitrogen and oxygen atoms in total. The number of thiophene rings is 1. The van der Waals surface area contributed by atoms with E-state index < -0.39 is 5.54 Å². The first-order chi connectivity index (χ1) is 14.1. The van der Waals surface area contributed by atoms with Gasteiger partial charge in [-0.25, -0.2) is 0 Å². The number of aryl methyl sites for hydroxylation is 2. The van der Waals surface area contributed by atoms with E-state index >= 15 is 0 Å². The zero-order valence-corrected chi connectivity index (χ0v) is 19.6. The molecule has 1 atom stereocenters. The summed E-state index contributed by atoms with van der Waals surface area (Å²) in [5, 5.41) is 10.6. The van der Waals surface area contributed by atoms with E-state index in [-0.39, 0.29) is 18.1 Å². The maximum absolute atomic E-state index is 12.8. The molecule has 1 unspecified atom stereocenters. The number of carbonyl (C=O) groups is 1. The molecule has 4 rings (SSSR count). The molecule has 0 saturated carbocycles. The Kier molecular flexibility index (Phi) is 5.19. The highest BCUT2D eigenvalue weighted by Crippen LogP contribution is 2.42. The number of fused-ring (bicyclic) bond motifs is 3. The second-order valence-electron chi connectivity index (χ2n) is 8.41. The lowest BCUT2D eigenvalue weighted by molar-refractivity contribution is -0.123. The summed E-state index contributed by atoms with van der Waals surface area (Å²) in [7, 11) is 0. The Morgan fingerprint density at radius 1 is 1.17 bits per heavy atom. The van der Waals surface area contributed by atoms with Crippen LogP contribution in [0.1, 0.15) is 60.4 Å². The van der Waals surface area contributed by atoms with Crippen molar-refractivity contribution in [3.05, 3.63) is 62.5 Å². The highest BCUT2D eigenvalue weighted by atomic mass is 35.5. The monoisotopic (exact) mass is 440 g/mol. The molecule has 3 heterocycles. The third-order valence-electron chi connectivity index (χ3n) is 5.75. The summed E-state index contributed by atoms with van der Waals surface area (Å²) in [5.74, 6) is 1.58. The van der Waals surface area contributed by atoms with Gasteiger partial charge in [-0.3, -0.25) is 14.4 Å². The molecule has 1 aromatic carbocycles. The zero-order chi connectivity index (χ0) is 21.8. The fraction of sp³-hybridized carbons (Fsp3) is 0.391. The summed E-state index contributed by atoms with van der Waals surface area (Å²) in [5.41, 5.74) is 3.27. The molecule has 0 spiro atoms. The van der Waals surface area contributed by atoms with Crippen molar-refractivity contribution < 1.29 is 4.79 Å². The van der Waals surface area contributed by atoms with Crippen molar-refractivity contribution in [1.29, 1.82) is 0 Å². The number of hydrogen-bond donors (Lipinski definition) is 0. The van der Waals surface area contributed by atoms with Gasteiger partial charge >= 0.3 is 0 Å². The molecule has 2 aromatic heterocycles. The van der Waals surface area contributed by atoms with Crippen LogP contribution in [0.5, 0.6) is 0 Å². The predicted octanol–water partition coefficient (Wildman–Crippen LogP) is 5.59. The molecule has 1 aliphatic rings. The van der Waals surface area contributed by atoms with E-state index in [1.165, 1.54) is 10.4 Å². The molecule has 7 heteroatoms. The van der Waals surface area contributed by atoms with Crippen LogP contribution >= 0.6 is 22.9 Å². The Morgan fingerprint density at radius 3 is 2.47 bits per heavy atom. The van der Waals surface area contributed by atoms with Gasteiger partial charge in [0.05, 0.1) is 5.71 Å². The van der Waals surface area contributed by atoms with E-state index in [0.29, 0.717) is 10.8 Å². The van der Waals surface area contributed by atoms with Crippen molar-refractivity contribution in [2.75, 3.05) is 0 Å². The zero-order valence-electron chi connectivity index (χ0n) is 18.1. The smallest absolute Gasteiger partial charge is 0.166 e. The number of hydrogen-bond acceptors (Lipinski definition) is 5. The third kappa shape index (κ3) is 3.32. The number of Topliss-reactive ketones (excluding diaryl/α,β-unsaturated/α-hetero) is 1. The normalized spacial score (nSPS) is 18.1. The third-order valence-corrected chi connectivity index (χ3v) is 7.20. The van der Waals surface area contributed by atoms with Crippen molar-refractivity contribution in [2.24, 2.45) is 10.9 Å². The van der Waals surface area contributed by atoms with Crippen LogP contribution in [0.25, 0.3) is 5.00 Å². The molecule has 30 heavy (non-hydrogen) atoms. The van der Waals surface area contributed by atoms with Gasteiger partial charge < -0.3 is 0 Å². The Morgan fingerprint density at radius 2 is 1.83 bits per heavy atom. The standard InChI is InChI=1S/C23H25ClN4OS/c1-12(2)18(29)11-23(6)22-27-26-15(5)28(22)21-19(13(3)14(4)30-21)20(25-23)16-7-9-17(24)10-8-16/h7-10,12H,11H2,1-6H3. The summed E-state index contributed by atoms with van der Waals surface area (Å²) < 4.78 is 2.08. The molecule has 1 aliphatic heterocycles. The topological polar surface area (TPSA) is 60.1 Å². The van der Waals surface area contributed by atoms with Crippen molar-refractivity contribution >= 4 is 34.4 Å². The molecule has 0 aliphatic carbocycles. The summed E-state index contributed by atoms with van der Waals surface area (Å²) >= 11 is 7.86. The Labute approximate surface area is 185 Å². The van der Waals surface area contributed by atoms with Crippen LogP contribution in [0.15, 0.2) is 29.3 Å². The maximum atomic E-state index is 12.8. The van der Waals surface area contributed by atoms with Crippen LogP contribution < -0.4 is 0 Å². The van der Waals surface area contributed by atoms with Crippen molar-refractivity contribution in [2.45, 2.75) is 53.5 Å². The molecule has 0 bridgehead atoms. The van der Waals surface area contributed by atoms with Crippen LogP contribution in [0, 0.1) is 26.7 Å². The van der Waals surface area contributed by atoms with Gasteiger partial charge in [0, 0.05) is 33.4 Å². The molecule has 3 aromatic rings. The number of rotatable bonds is 4. The Bertz CT molecular complexity index is 1170. The minimum absolute atomic E-state index is 0.0743. The van der Waals surface area contributed by atoms with Crippen LogP contribution in [0.3, 0.4) is 0 Å². The summed E-state index contributed by atoms with van der Waals surface area (Å²) in [6, 6.07) is 7.73. The Balaban J connectivity index is 2.05. The summed E-state index contributed by atoms with van der Waals surface area (Å²) in [6.45, 7) is 12.0. The molecular weight excluding hydrogens is 416 g/mol. The lowest BCUT2D eigenvalue weighted by Gasteiger charge is -2.24.